The second-order valence-electron chi connectivity index (χ2n) is 7.85. The van der Waals surface area contributed by atoms with Crippen molar-refractivity contribution in [2.45, 2.75) is 38.1 Å². The number of amides is 3. The van der Waals surface area contributed by atoms with Gasteiger partial charge in [0.05, 0.1) is 31.2 Å². The minimum Gasteiger partial charge on any atom is -0.497 e. The van der Waals surface area contributed by atoms with Crippen molar-refractivity contribution in [3.05, 3.63) is 24.3 Å². The summed E-state index contributed by atoms with van der Waals surface area (Å²) in [5, 5.41) is 0. The van der Waals surface area contributed by atoms with E-state index in [2.05, 4.69) is 0 Å². The number of carbonyl (C=O) groups is 3. The van der Waals surface area contributed by atoms with E-state index in [0.717, 1.165) is 45.3 Å². The van der Waals surface area contributed by atoms with Gasteiger partial charge < -0.3 is 9.64 Å². The highest BCUT2D eigenvalue weighted by Gasteiger charge is 2.44. The highest BCUT2D eigenvalue weighted by molar-refractivity contribution is 6.22. The van der Waals surface area contributed by atoms with E-state index in [1.807, 2.05) is 9.80 Å². The molecule has 0 spiro atoms. The van der Waals surface area contributed by atoms with Gasteiger partial charge in [-0.1, -0.05) is 0 Å². The zero-order valence-electron chi connectivity index (χ0n) is 16.3. The predicted octanol–water partition coefficient (Wildman–Crippen LogP) is 1.66. The Morgan fingerprint density at radius 1 is 1.04 bits per heavy atom. The molecule has 3 amide bonds. The zero-order chi connectivity index (χ0) is 19.7. The molecule has 0 radical (unpaired) electrons. The summed E-state index contributed by atoms with van der Waals surface area (Å²) >= 11 is 0. The summed E-state index contributed by atoms with van der Waals surface area (Å²) in [5.41, 5.74) is 0.569. The van der Waals surface area contributed by atoms with Crippen LogP contribution >= 0.6 is 0 Å². The molecule has 3 aliphatic heterocycles. The van der Waals surface area contributed by atoms with Gasteiger partial charge in [0.15, 0.2) is 0 Å². The van der Waals surface area contributed by atoms with E-state index < -0.39 is 6.04 Å². The Morgan fingerprint density at radius 3 is 2.43 bits per heavy atom. The third-order valence-electron chi connectivity index (χ3n) is 6.11. The summed E-state index contributed by atoms with van der Waals surface area (Å²) in [4.78, 5) is 43.7. The van der Waals surface area contributed by atoms with Gasteiger partial charge in [-0.05, 0) is 56.5 Å². The first-order valence-corrected chi connectivity index (χ1v) is 10.1. The first kappa shape index (κ1) is 18.9. The zero-order valence-corrected chi connectivity index (χ0v) is 16.3. The van der Waals surface area contributed by atoms with Crippen molar-refractivity contribution in [1.82, 2.24) is 9.80 Å². The molecule has 3 fully saturated rings. The van der Waals surface area contributed by atoms with Gasteiger partial charge in [0, 0.05) is 19.6 Å². The van der Waals surface area contributed by atoms with E-state index in [9.17, 15) is 14.4 Å². The quantitative estimate of drug-likeness (QED) is 0.738. The van der Waals surface area contributed by atoms with Gasteiger partial charge >= 0.3 is 0 Å². The average molecular weight is 385 g/mol. The Morgan fingerprint density at radius 2 is 1.75 bits per heavy atom. The van der Waals surface area contributed by atoms with Crippen molar-refractivity contribution in [1.29, 1.82) is 0 Å². The van der Waals surface area contributed by atoms with Crippen LogP contribution in [-0.2, 0) is 14.4 Å². The fourth-order valence-electron chi connectivity index (χ4n) is 4.59. The van der Waals surface area contributed by atoms with Gasteiger partial charge in [0.25, 0.3) is 5.91 Å². The topological polar surface area (TPSA) is 70.2 Å². The predicted molar refractivity (Wildman–Crippen MR) is 104 cm³/mol. The van der Waals surface area contributed by atoms with E-state index in [1.54, 1.807) is 31.4 Å². The molecule has 0 bridgehead atoms. The molecular formula is C21H27N3O4. The van der Waals surface area contributed by atoms with Crippen LogP contribution in [0.25, 0.3) is 0 Å². The second-order valence-corrected chi connectivity index (χ2v) is 7.85. The van der Waals surface area contributed by atoms with Crippen molar-refractivity contribution in [3.63, 3.8) is 0 Å². The van der Waals surface area contributed by atoms with Crippen molar-refractivity contribution in [3.8, 4) is 5.75 Å². The van der Waals surface area contributed by atoms with Crippen molar-refractivity contribution in [2.75, 3.05) is 38.2 Å². The van der Waals surface area contributed by atoms with Gasteiger partial charge in [-0.2, -0.15) is 0 Å². The Balaban J connectivity index is 1.45. The number of hydrogen-bond donors (Lipinski definition) is 0. The number of methoxy groups -OCH3 is 1. The highest BCUT2D eigenvalue weighted by atomic mass is 16.5. The molecule has 3 saturated heterocycles. The Kier molecular flexibility index (Phi) is 5.35. The van der Waals surface area contributed by atoms with E-state index in [-0.39, 0.29) is 30.1 Å². The summed E-state index contributed by atoms with van der Waals surface area (Å²) in [6.45, 7) is 3.02. The summed E-state index contributed by atoms with van der Waals surface area (Å²) in [6.07, 6.45) is 4.08. The minimum absolute atomic E-state index is 0.0650. The molecule has 3 heterocycles. The molecule has 0 N–H and O–H groups in total. The lowest BCUT2D eigenvalue weighted by atomic mass is 9.95. The number of benzene rings is 1. The highest BCUT2D eigenvalue weighted by Crippen LogP contribution is 2.30. The third kappa shape index (κ3) is 3.51. The van der Waals surface area contributed by atoms with Gasteiger partial charge in [0.2, 0.25) is 11.8 Å². The Hall–Kier alpha value is -2.41. The minimum atomic E-state index is -0.469. The monoisotopic (exact) mass is 385 g/mol. The molecule has 7 heteroatoms. The molecule has 1 aromatic rings. The molecule has 0 saturated carbocycles. The van der Waals surface area contributed by atoms with Gasteiger partial charge in [-0.15, -0.1) is 0 Å². The fraction of sp³-hybridized carbons (Fsp3) is 0.571. The number of hydrogen-bond acceptors (Lipinski definition) is 5. The molecule has 4 rings (SSSR count). The average Bonchev–Trinajstić information content (AvgIpc) is 3.36. The van der Waals surface area contributed by atoms with Crippen LogP contribution in [0.15, 0.2) is 24.3 Å². The maximum absolute atomic E-state index is 13.0. The summed E-state index contributed by atoms with van der Waals surface area (Å²) < 4.78 is 5.15. The summed E-state index contributed by atoms with van der Waals surface area (Å²) in [6, 6.07) is 6.48. The van der Waals surface area contributed by atoms with Crippen LogP contribution in [0, 0.1) is 5.92 Å². The van der Waals surface area contributed by atoms with E-state index in [4.69, 9.17) is 4.74 Å². The lowest BCUT2D eigenvalue weighted by Gasteiger charge is -2.36. The largest absolute Gasteiger partial charge is 0.497 e. The number of carbonyl (C=O) groups excluding carboxylic acids is 3. The van der Waals surface area contributed by atoms with Crippen LogP contribution < -0.4 is 9.64 Å². The Labute approximate surface area is 165 Å². The van der Waals surface area contributed by atoms with E-state index in [0.29, 0.717) is 18.0 Å². The second kappa shape index (κ2) is 7.91. The molecule has 0 aliphatic carbocycles. The molecule has 1 aromatic carbocycles. The third-order valence-corrected chi connectivity index (χ3v) is 6.11. The van der Waals surface area contributed by atoms with E-state index in [1.165, 1.54) is 4.90 Å². The van der Waals surface area contributed by atoms with Crippen LogP contribution in [0.2, 0.25) is 0 Å². The number of anilines is 1. The van der Waals surface area contributed by atoms with Crippen LogP contribution in [0.5, 0.6) is 5.75 Å². The summed E-state index contributed by atoms with van der Waals surface area (Å²) in [5.74, 6) is 0.451. The van der Waals surface area contributed by atoms with Crippen LogP contribution in [-0.4, -0.2) is 66.9 Å². The van der Waals surface area contributed by atoms with Gasteiger partial charge in [-0.3, -0.25) is 19.3 Å². The fourth-order valence-corrected chi connectivity index (χ4v) is 4.59. The van der Waals surface area contributed by atoms with Gasteiger partial charge in [-0.25, -0.2) is 4.90 Å². The maximum atomic E-state index is 13.0. The van der Waals surface area contributed by atoms with Crippen LogP contribution in [0.4, 0.5) is 5.69 Å². The van der Waals surface area contributed by atoms with E-state index >= 15 is 0 Å². The van der Waals surface area contributed by atoms with Crippen molar-refractivity contribution >= 4 is 23.4 Å². The molecule has 28 heavy (non-hydrogen) atoms. The smallest absolute Gasteiger partial charge is 0.251 e. The lowest BCUT2D eigenvalue weighted by Crippen LogP contribution is -2.50. The molecule has 150 valence electrons. The normalized spacial score (nSPS) is 26.2. The Bertz CT molecular complexity index is 757. The van der Waals surface area contributed by atoms with Crippen LogP contribution in [0.1, 0.15) is 32.1 Å². The number of rotatable bonds is 4. The molecule has 0 aromatic heterocycles. The molecule has 0 unspecified atom stereocenters. The molecular weight excluding hydrogens is 358 g/mol. The number of likely N-dealkylation sites (tertiary alicyclic amines) is 2. The SMILES string of the molecule is COc1ccc(N2C(=O)C[C@H](N3CCC[C@@H](C(=O)N4CCCC4)C3)C2=O)cc1. The molecule has 2 atom stereocenters. The number of nitrogens with zero attached hydrogens (tertiary/aromatic N) is 3. The molecule has 3 aliphatic rings. The maximum Gasteiger partial charge on any atom is 0.251 e. The number of ether oxygens (including phenoxy) is 1. The van der Waals surface area contributed by atoms with Crippen molar-refractivity contribution in [2.24, 2.45) is 5.92 Å². The van der Waals surface area contributed by atoms with Gasteiger partial charge in [0.1, 0.15) is 5.75 Å². The van der Waals surface area contributed by atoms with Crippen LogP contribution in [0.3, 0.4) is 0 Å². The summed E-state index contributed by atoms with van der Waals surface area (Å²) in [7, 11) is 1.58. The molecule has 7 nitrogen and oxygen atoms in total. The first-order valence-electron chi connectivity index (χ1n) is 10.1. The number of imide groups is 1. The van der Waals surface area contributed by atoms with Crippen molar-refractivity contribution < 1.29 is 19.1 Å². The standard InChI is InChI=1S/C21H27N3O4/c1-28-17-8-6-16(7-9-17)24-19(25)13-18(21(24)27)23-12-4-5-15(14-23)20(26)22-10-2-3-11-22/h6-9,15,18H,2-5,10-14H2,1H3/t15-,18+/m1/s1. The first-order chi connectivity index (χ1) is 13.6. The lowest BCUT2D eigenvalue weighted by molar-refractivity contribution is -0.137. The number of piperidine rings is 1.